The first-order chi connectivity index (χ1) is 11.1. The lowest BCUT2D eigenvalue weighted by Gasteiger charge is -2.12. The minimum absolute atomic E-state index is 0.0255. The zero-order valence-electron chi connectivity index (χ0n) is 12.2. The number of amides is 2. The summed E-state index contributed by atoms with van der Waals surface area (Å²) in [4.78, 5) is 51.3. The third kappa shape index (κ3) is 3.16. The molecule has 1 aromatic heterocycles. The standard InChI is InChI=1S/C15H14N2O5S/c18-12-7-8-13(19)17(12)22-14(20)6-3-9-16-15(21)10-4-1-2-5-11(10)23-16/h1-2,4-5H,3,6-9H2. The lowest BCUT2D eigenvalue weighted by Crippen LogP contribution is -2.32. The monoisotopic (exact) mass is 334 g/mol. The fraction of sp³-hybridized carbons (Fsp3) is 0.333. The van der Waals surface area contributed by atoms with E-state index in [9.17, 15) is 19.2 Å². The van der Waals surface area contributed by atoms with E-state index in [1.165, 1.54) is 11.5 Å². The van der Waals surface area contributed by atoms with Gasteiger partial charge in [-0.3, -0.25) is 18.3 Å². The Balaban J connectivity index is 1.55. The van der Waals surface area contributed by atoms with Crippen LogP contribution in [0.2, 0.25) is 0 Å². The SMILES string of the molecule is O=C(CCCn1sc2ccccc2c1=O)ON1C(=O)CCC1=O. The first-order valence-electron chi connectivity index (χ1n) is 7.21. The Kier molecular flexibility index (Phi) is 4.24. The van der Waals surface area contributed by atoms with Crippen LogP contribution in [0.15, 0.2) is 29.1 Å². The van der Waals surface area contributed by atoms with E-state index in [1.807, 2.05) is 18.2 Å². The summed E-state index contributed by atoms with van der Waals surface area (Å²) in [5.41, 5.74) is -0.0798. The van der Waals surface area contributed by atoms with Gasteiger partial charge < -0.3 is 4.84 Å². The van der Waals surface area contributed by atoms with Crippen LogP contribution in [0.3, 0.4) is 0 Å². The summed E-state index contributed by atoms with van der Waals surface area (Å²) in [5.74, 6) is -1.64. The first kappa shape index (κ1) is 15.4. The molecule has 2 aromatic rings. The number of hydrogen-bond donors (Lipinski definition) is 0. The second-order valence-electron chi connectivity index (χ2n) is 5.14. The van der Waals surface area contributed by atoms with Crippen molar-refractivity contribution in [1.82, 2.24) is 9.02 Å². The number of carbonyl (C=O) groups is 3. The highest BCUT2D eigenvalue weighted by Crippen LogP contribution is 2.17. The maximum absolute atomic E-state index is 12.1. The second kappa shape index (κ2) is 6.33. The molecule has 0 bridgehead atoms. The molecule has 0 N–H and O–H groups in total. The van der Waals surface area contributed by atoms with Crippen LogP contribution >= 0.6 is 11.5 Å². The van der Waals surface area contributed by atoms with E-state index < -0.39 is 17.8 Å². The van der Waals surface area contributed by atoms with Gasteiger partial charge >= 0.3 is 5.97 Å². The van der Waals surface area contributed by atoms with Gasteiger partial charge in [0.25, 0.3) is 17.4 Å². The summed E-state index contributed by atoms with van der Waals surface area (Å²) in [6.45, 7) is 0.384. The number of nitrogens with zero attached hydrogens (tertiary/aromatic N) is 2. The Labute approximate surface area is 135 Å². The van der Waals surface area contributed by atoms with Crippen LogP contribution in [0.5, 0.6) is 0 Å². The molecule has 0 aliphatic carbocycles. The number of aryl methyl sites for hydroxylation is 1. The van der Waals surface area contributed by atoms with Crippen LogP contribution in [0.4, 0.5) is 0 Å². The van der Waals surface area contributed by atoms with Gasteiger partial charge in [-0.1, -0.05) is 23.7 Å². The molecule has 1 fully saturated rings. The Morgan fingerprint density at radius 2 is 1.83 bits per heavy atom. The van der Waals surface area contributed by atoms with Crippen molar-refractivity contribution in [2.45, 2.75) is 32.2 Å². The molecule has 1 aliphatic heterocycles. The van der Waals surface area contributed by atoms with Crippen molar-refractivity contribution in [2.75, 3.05) is 0 Å². The van der Waals surface area contributed by atoms with Crippen LogP contribution in [-0.2, 0) is 25.8 Å². The van der Waals surface area contributed by atoms with Gasteiger partial charge in [-0.25, -0.2) is 4.79 Å². The summed E-state index contributed by atoms with van der Waals surface area (Å²) in [6, 6.07) is 7.31. The second-order valence-corrected chi connectivity index (χ2v) is 6.21. The van der Waals surface area contributed by atoms with Crippen LogP contribution in [-0.4, -0.2) is 26.8 Å². The number of hydrogen-bond acceptors (Lipinski definition) is 6. The topological polar surface area (TPSA) is 85.7 Å². The normalized spacial score (nSPS) is 14.7. The average Bonchev–Trinajstić information content (AvgIpc) is 3.02. The van der Waals surface area contributed by atoms with Crippen molar-refractivity contribution >= 4 is 39.4 Å². The van der Waals surface area contributed by atoms with Gasteiger partial charge in [0.15, 0.2) is 0 Å². The molecule has 1 aliphatic rings. The molecule has 3 rings (SSSR count). The third-order valence-electron chi connectivity index (χ3n) is 3.49. The molecule has 1 aromatic carbocycles. The van der Waals surface area contributed by atoms with E-state index >= 15 is 0 Å². The molecule has 0 radical (unpaired) electrons. The van der Waals surface area contributed by atoms with Gasteiger partial charge in [-0.15, -0.1) is 5.06 Å². The van der Waals surface area contributed by atoms with Crippen LogP contribution in [0.25, 0.3) is 10.1 Å². The lowest BCUT2D eigenvalue weighted by atomic mass is 10.3. The zero-order chi connectivity index (χ0) is 16.4. The van der Waals surface area contributed by atoms with Gasteiger partial charge in [0, 0.05) is 25.8 Å². The minimum atomic E-state index is -0.650. The highest BCUT2D eigenvalue weighted by Gasteiger charge is 2.32. The highest BCUT2D eigenvalue weighted by atomic mass is 32.1. The Morgan fingerprint density at radius 1 is 1.13 bits per heavy atom. The van der Waals surface area contributed by atoms with Crippen LogP contribution < -0.4 is 5.56 Å². The molecular weight excluding hydrogens is 320 g/mol. The quantitative estimate of drug-likeness (QED) is 0.773. The maximum Gasteiger partial charge on any atom is 0.333 e. The molecule has 2 heterocycles. The fourth-order valence-corrected chi connectivity index (χ4v) is 3.37. The van der Waals surface area contributed by atoms with Gasteiger partial charge in [-0.2, -0.15) is 0 Å². The molecule has 120 valence electrons. The number of carbonyl (C=O) groups excluding carboxylic acids is 3. The van der Waals surface area contributed by atoms with Crippen molar-refractivity contribution in [3.05, 3.63) is 34.6 Å². The maximum atomic E-state index is 12.1. The zero-order valence-corrected chi connectivity index (χ0v) is 13.0. The molecule has 0 spiro atoms. The molecule has 23 heavy (non-hydrogen) atoms. The first-order valence-corrected chi connectivity index (χ1v) is 7.99. The molecule has 7 nitrogen and oxygen atoms in total. The van der Waals surface area contributed by atoms with Crippen molar-refractivity contribution in [2.24, 2.45) is 0 Å². The van der Waals surface area contributed by atoms with E-state index in [2.05, 4.69) is 0 Å². The molecule has 0 unspecified atom stereocenters. The molecular formula is C15H14N2O5S. The number of rotatable bonds is 5. The summed E-state index contributed by atoms with van der Waals surface area (Å²) in [7, 11) is 0. The predicted molar refractivity (Wildman–Crippen MR) is 82.5 cm³/mol. The summed E-state index contributed by atoms with van der Waals surface area (Å²) >= 11 is 1.34. The smallest absolute Gasteiger partial charge is 0.330 e. The highest BCUT2D eigenvalue weighted by molar-refractivity contribution is 7.13. The third-order valence-corrected chi connectivity index (χ3v) is 4.61. The van der Waals surface area contributed by atoms with Crippen molar-refractivity contribution < 1.29 is 19.2 Å². The van der Waals surface area contributed by atoms with Gasteiger partial charge in [-0.05, 0) is 18.6 Å². The van der Waals surface area contributed by atoms with Crippen molar-refractivity contribution in [3.63, 3.8) is 0 Å². The minimum Gasteiger partial charge on any atom is -0.330 e. The van der Waals surface area contributed by atoms with Crippen LogP contribution in [0.1, 0.15) is 25.7 Å². The summed E-state index contributed by atoms with van der Waals surface area (Å²) < 4.78 is 2.48. The van der Waals surface area contributed by atoms with Gasteiger partial charge in [0.05, 0.1) is 10.1 Å². The molecule has 8 heteroatoms. The average molecular weight is 334 g/mol. The van der Waals surface area contributed by atoms with Crippen LogP contribution in [0, 0.1) is 0 Å². The summed E-state index contributed by atoms with van der Waals surface area (Å²) in [6.07, 6.45) is 0.562. The Bertz CT molecular complexity index is 822. The fourth-order valence-electron chi connectivity index (χ4n) is 2.34. The van der Waals surface area contributed by atoms with E-state index in [0.29, 0.717) is 23.4 Å². The lowest BCUT2D eigenvalue weighted by molar-refractivity contribution is -0.197. The predicted octanol–water partition coefficient (Wildman–Crippen LogP) is 1.45. The van der Waals surface area contributed by atoms with E-state index in [4.69, 9.17) is 4.84 Å². The van der Waals surface area contributed by atoms with Gasteiger partial charge in [0.2, 0.25) is 0 Å². The molecule has 1 saturated heterocycles. The number of aromatic nitrogens is 1. The molecule has 2 amide bonds. The number of benzene rings is 1. The number of hydroxylamine groups is 2. The summed E-state index contributed by atoms with van der Waals surface area (Å²) in [5, 5.41) is 1.20. The molecule has 0 atom stereocenters. The van der Waals surface area contributed by atoms with Crippen molar-refractivity contribution in [3.8, 4) is 0 Å². The van der Waals surface area contributed by atoms with Gasteiger partial charge in [0.1, 0.15) is 0 Å². The van der Waals surface area contributed by atoms with E-state index in [0.717, 1.165) is 4.70 Å². The largest absolute Gasteiger partial charge is 0.333 e. The number of imide groups is 1. The van der Waals surface area contributed by atoms with E-state index in [1.54, 1.807) is 10.0 Å². The Morgan fingerprint density at radius 3 is 2.52 bits per heavy atom. The number of fused-ring (bicyclic) bond motifs is 1. The van der Waals surface area contributed by atoms with Crippen molar-refractivity contribution in [1.29, 1.82) is 0 Å². The Hall–Kier alpha value is -2.48. The van der Waals surface area contributed by atoms with E-state index in [-0.39, 0.29) is 24.8 Å². The molecule has 0 saturated carbocycles.